The summed E-state index contributed by atoms with van der Waals surface area (Å²) in [6, 6.07) is 0.412. The van der Waals surface area contributed by atoms with Crippen molar-refractivity contribution < 1.29 is 4.52 Å². The SMILES string of the molecule is CCNC(Cc1nc(N(C)C)no1)CC(C)C. The minimum atomic E-state index is 0.412. The highest BCUT2D eigenvalue weighted by Crippen LogP contribution is 2.12. The summed E-state index contributed by atoms with van der Waals surface area (Å²) in [5.41, 5.74) is 0. The molecule has 98 valence electrons. The van der Waals surface area contributed by atoms with E-state index in [1.54, 1.807) is 0 Å². The normalized spacial score (nSPS) is 13.1. The molecule has 1 atom stereocenters. The molecule has 0 saturated carbocycles. The van der Waals surface area contributed by atoms with Crippen LogP contribution in [-0.2, 0) is 6.42 Å². The van der Waals surface area contributed by atoms with Crippen molar-refractivity contribution in [1.82, 2.24) is 15.5 Å². The molecule has 0 fully saturated rings. The van der Waals surface area contributed by atoms with Crippen LogP contribution in [0.25, 0.3) is 0 Å². The number of nitrogens with one attached hydrogen (secondary N) is 1. The second-order valence-corrected chi connectivity index (χ2v) is 4.97. The van der Waals surface area contributed by atoms with Crippen molar-refractivity contribution in [1.29, 1.82) is 0 Å². The molecular weight excluding hydrogens is 216 g/mol. The first-order valence-corrected chi connectivity index (χ1v) is 6.26. The maximum absolute atomic E-state index is 5.24. The van der Waals surface area contributed by atoms with Crippen molar-refractivity contribution in [3.05, 3.63) is 5.89 Å². The van der Waals surface area contributed by atoms with Crippen LogP contribution in [0.15, 0.2) is 4.52 Å². The van der Waals surface area contributed by atoms with E-state index >= 15 is 0 Å². The topological polar surface area (TPSA) is 54.2 Å². The monoisotopic (exact) mass is 240 g/mol. The third kappa shape index (κ3) is 4.73. The van der Waals surface area contributed by atoms with Crippen molar-refractivity contribution in [2.24, 2.45) is 5.92 Å². The van der Waals surface area contributed by atoms with Crippen molar-refractivity contribution >= 4 is 5.95 Å². The van der Waals surface area contributed by atoms with Crippen LogP contribution in [0.3, 0.4) is 0 Å². The first kappa shape index (κ1) is 14.0. The van der Waals surface area contributed by atoms with E-state index in [1.807, 2.05) is 19.0 Å². The van der Waals surface area contributed by atoms with E-state index in [1.165, 1.54) is 0 Å². The number of hydrogen-bond acceptors (Lipinski definition) is 5. The molecule has 1 unspecified atom stereocenters. The van der Waals surface area contributed by atoms with Gasteiger partial charge in [0.2, 0.25) is 5.89 Å². The number of aromatic nitrogens is 2. The fraction of sp³-hybridized carbons (Fsp3) is 0.833. The van der Waals surface area contributed by atoms with Gasteiger partial charge in [-0.2, -0.15) is 4.98 Å². The summed E-state index contributed by atoms with van der Waals surface area (Å²) < 4.78 is 5.24. The molecule has 0 amide bonds. The fourth-order valence-electron chi connectivity index (χ4n) is 1.82. The third-order valence-electron chi connectivity index (χ3n) is 2.53. The van der Waals surface area contributed by atoms with Gasteiger partial charge in [0, 0.05) is 26.6 Å². The van der Waals surface area contributed by atoms with E-state index in [-0.39, 0.29) is 0 Å². The number of rotatable bonds is 7. The standard InChI is InChI=1S/C12H24N4O/c1-6-13-10(7-9(2)3)8-11-14-12(15-17-11)16(4)5/h9-10,13H,6-8H2,1-5H3. The van der Waals surface area contributed by atoms with Crippen LogP contribution >= 0.6 is 0 Å². The Labute approximate surface area is 104 Å². The molecule has 17 heavy (non-hydrogen) atoms. The Morgan fingerprint density at radius 2 is 2.06 bits per heavy atom. The largest absolute Gasteiger partial charge is 0.344 e. The molecule has 0 spiro atoms. The molecule has 0 radical (unpaired) electrons. The summed E-state index contributed by atoms with van der Waals surface area (Å²) in [5, 5.41) is 7.38. The smallest absolute Gasteiger partial charge is 0.265 e. The molecule has 0 aliphatic carbocycles. The molecule has 0 aliphatic heterocycles. The zero-order valence-electron chi connectivity index (χ0n) is 11.5. The lowest BCUT2D eigenvalue weighted by atomic mass is 10.0. The molecule has 0 saturated heterocycles. The summed E-state index contributed by atoms with van der Waals surface area (Å²) >= 11 is 0. The molecule has 1 N–H and O–H groups in total. The molecule has 5 nitrogen and oxygen atoms in total. The van der Waals surface area contributed by atoms with E-state index in [4.69, 9.17) is 4.52 Å². The summed E-state index contributed by atoms with van der Waals surface area (Å²) in [5.74, 6) is 2.01. The van der Waals surface area contributed by atoms with Gasteiger partial charge in [0.15, 0.2) is 0 Å². The van der Waals surface area contributed by atoms with Crippen LogP contribution in [0.2, 0.25) is 0 Å². The van der Waals surface area contributed by atoms with Gasteiger partial charge in [-0.1, -0.05) is 20.8 Å². The Morgan fingerprint density at radius 1 is 1.35 bits per heavy atom. The van der Waals surface area contributed by atoms with Crippen molar-refractivity contribution in [2.45, 2.75) is 39.7 Å². The fourth-order valence-corrected chi connectivity index (χ4v) is 1.82. The molecule has 1 aromatic heterocycles. The molecule has 0 aromatic carbocycles. The lowest BCUT2D eigenvalue weighted by molar-refractivity contribution is 0.340. The summed E-state index contributed by atoms with van der Waals surface area (Å²) in [6.45, 7) is 7.53. The average Bonchev–Trinajstić information content (AvgIpc) is 2.65. The number of nitrogens with zero attached hydrogens (tertiary/aromatic N) is 3. The maximum atomic E-state index is 5.24. The molecule has 1 heterocycles. The van der Waals surface area contributed by atoms with Gasteiger partial charge in [-0.25, -0.2) is 0 Å². The van der Waals surface area contributed by atoms with Crippen LogP contribution in [0.1, 0.15) is 33.1 Å². The highest BCUT2D eigenvalue weighted by molar-refractivity contribution is 5.23. The van der Waals surface area contributed by atoms with E-state index in [0.717, 1.165) is 19.4 Å². The second kappa shape index (κ2) is 6.59. The van der Waals surface area contributed by atoms with Gasteiger partial charge in [-0.3, -0.25) is 0 Å². The zero-order chi connectivity index (χ0) is 12.8. The van der Waals surface area contributed by atoms with Crippen LogP contribution < -0.4 is 10.2 Å². The Morgan fingerprint density at radius 3 is 2.53 bits per heavy atom. The maximum Gasteiger partial charge on any atom is 0.265 e. The van der Waals surface area contributed by atoms with Gasteiger partial charge in [-0.05, 0) is 24.0 Å². The van der Waals surface area contributed by atoms with Crippen molar-refractivity contribution in [3.8, 4) is 0 Å². The van der Waals surface area contributed by atoms with Gasteiger partial charge in [0.05, 0.1) is 0 Å². The van der Waals surface area contributed by atoms with Gasteiger partial charge < -0.3 is 14.7 Å². The predicted octanol–water partition coefficient (Wildman–Crippen LogP) is 1.70. The zero-order valence-corrected chi connectivity index (χ0v) is 11.5. The molecule has 1 rings (SSSR count). The van der Waals surface area contributed by atoms with Crippen LogP contribution in [-0.4, -0.2) is 36.8 Å². The summed E-state index contributed by atoms with van der Waals surface area (Å²) in [7, 11) is 3.81. The highest BCUT2D eigenvalue weighted by atomic mass is 16.5. The average molecular weight is 240 g/mol. The highest BCUT2D eigenvalue weighted by Gasteiger charge is 2.15. The number of anilines is 1. The predicted molar refractivity (Wildman–Crippen MR) is 69.2 cm³/mol. The van der Waals surface area contributed by atoms with E-state index in [2.05, 4.69) is 36.2 Å². The minimum Gasteiger partial charge on any atom is -0.344 e. The van der Waals surface area contributed by atoms with Gasteiger partial charge in [-0.15, -0.1) is 0 Å². The van der Waals surface area contributed by atoms with E-state index < -0.39 is 0 Å². The van der Waals surface area contributed by atoms with Gasteiger partial charge in [0.1, 0.15) is 0 Å². The first-order chi connectivity index (χ1) is 8.02. The molecular formula is C12H24N4O. The van der Waals surface area contributed by atoms with Crippen LogP contribution in [0, 0.1) is 5.92 Å². The first-order valence-electron chi connectivity index (χ1n) is 6.26. The quantitative estimate of drug-likeness (QED) is 0.786. The third-order valence-corrected chi connectivity index (χ3v) is 2.53. The summed E-state index contributed by atoms with van der Waals surface area (Å²) in [6.07, 6.45) is 1.92. The molecule has 0 aliphatic rings. The van der Waals surface area contributed by atoms with Crippen molar-refractivity contribution in [3.63, 3.8) is 0 Å². The van der Waals surface area contributed by atoms with Gasteiger partial charge >= 0.3 is 0 Å². The van der Waals surface area contributed by atoms with Crippen LogP contribution in [0.4, 0.5) is 5.95 Å². The molecule has 1 aromatic rings. The number of hydrogen-bond donors (Lipinski definition) is 1. The minimum absolute atomic E-state index is 0.412. The lowest BCUT2D eigenvalue weighted by Gasteiger charge is -2.17. The van der Waals surface area contributed by atoms with Crippen molar-refractivity contribution in [2.75, 3.05) is 25.5 Å². The van der Waals surface area contributed by atoms with Crippen LogP contribution in [0.5, 0.6) is 0 Å². The Kier molecular flexibility index (Phi) is 5.41. The Bertz CT molecular complexity index is 322. The number of likely N-dealkylation sites (N-methyl/N-ethyl adjacent to an activating group) is 1. The Hall–Kier alpha value is -1.10. The lowest BCUT2D eigenvalue weighted by Crippen LogP contribution is -2.32. The Balaban J connectivity index is 2.58. The van der Waals surface area contributed by atoms with E-state index in [9.17, 15) is 0 Å². The molecule has 0 bridgehead atoms. The summed E-state index contributed by atoms with van der Waals surface area (Å²) in [4.78, 5) is 6.19. The second-order valence-electron chi connectivity index (χ2n) is 4.97. The van der Waals surface area contributed by atoms with E-state index in [0.29, 0.717) is 23.8 Å². The van der Waals surface area contributed by atoms with Gasteiger partial charge in [0.25, 0.3) is 5.95 Å². The molecule has 5 heteroatoms.